The molecule has 37 heavy (non-hydrogen) atoms. The van der Waals surface area contributed by atoms with E-state index in [-0.39, 0.29) is 12.1 Å². The fourth-order valence-corrected chi connectivity index (χ4v) is 5.70. The van der Waals surface area contributed by atoms with E-state index in [1.54, 1.807) is 6.33 Å². The number of aliphatic hydroxyl groups excluding tert-OH is 1. The number of fused-ring (bicyclic) bond motifs is 1. The number of β-amino-alcohol motifs (C(OH)–C–C–N with tert-alkyl or cyclic N) is 1. The number of anilines is 3. The van der Waals surface area contributed by atoms with E-state index in [9.17, 15) is 9.90 Å². The van der Waals surface area contributed by atoms with E-state index in [2.05, 4.69) is 55.4 Å². The smallest absolute Gasteiger partial charge is 0.321 e. The van der Waals surface area contributed by atoms with Crippen LogP contribution in [0.1, 0.15) is 30.9 Å². The summed E-state index contributed by atoms with van der Waals surface area (Å²) in [6, 6.07) is 14.3. The van der Waals surface area contributed by atoms with E-state index >= 15 is 0 Å². The first-order valence-electron chi connectivity index (χ1n) is 13.3. The lowest BCUT2D eigenvalue weighted by atomic mass is 9.91. The highest BCUT2D eigenvalue weighted by Gasteiger charge is 2.27. The molecule has 6 rings (SSSR count). The number of rotatable bonds is 4. The van der Waals surface area contributed by atoms with Crippen LogP contribution in [-0.2, 0) is 4.74 Å². The summed E-state index contributed by atoms with van der Waals surface area (Å²) in [5.41, 5.74) is 5.07. The number of likely N-dealkylation sites (tertiary alicyclic amines) is 1. The summed E-state index contributed by atoms with van der Waals surface area (Å²) < 4.78 is 5.43. The third kappa shape index (κ3) is 5.19. The first-order chi connectivity index (χ1) is 18.1. The van der Waals surface area contributed by atoms with Crippen molar-refractivity contribution >= 4 is 34.0 Å². The van der Waals surface area contributed by atoms with Crippen molar-refractivity contribution in [1.29, 1.82) is 0 Å². The maximum absolute atomic E-state index is 12.9. The molecule has 3 fully saturated rings. The van der Waals surface area contributed by atoms with Crippen LogP contribution in [0.5, 0.6) is 0 Å². The molecule has 9 heteroatoms. The van der Waals surface area contributed by atoms with Crippen molar-refractivity contribution in [3.8, 4) is 0 Å². The second kappa shape index (κ2) is 10.5. The lowest BCUT2D eigenvalue weighted by Crippen LogP contribution is -2.40. The van der Waals surface area contributed by atoms with Gasteiger partial charge in [0.25, 0.3) is 0 Å². The quantitative estimate of drug-likeness (QED) is 0.564. The Morgan fingerprint density at radius 3 is 2.38 bits per heavy atom. The second-order valence-electron chi connectivity index (χ2n) is 10.2. The minimum atomic E-state index is -0.256. The van der Waals surface area contributed by atoms with Crippen LogP contribution in [0.4, 0.5) is 21.9 Å². The van der Waals surface area contributed by atoms with Gasteiger partial charge in [0.05, 0.1) is 30.5 Å². The summed E-state index contributed by atoms with van der Waals surface area (Å²) in [6.45, 7) is 6.21. The summed E-state index contributed by atoms with van der Waals surface area (Å²) in [6.07, 6.45) is 3.94. The summed E-state index contributed by atoms with van der Waals surface area (Å²) >= 11 is 0. The van der Waals surface area contributed by atoms with Crippen molar-refractivity contribution in [3.63, 3.8) is 0 Å². The molecule has 0 spiro atoms. The van der Waals surface area contributed by atoms with Crippen LogP contribution in [0.3, 0.4) is 0 Å². The molecule has 1 aromatic heterocycles. The third-order valence-corrected chi connectivity index (χ3v) is 7.84. The van der Waals surface area contributed by atoms with Gasteiger partial charge in [0.2, 0.25) is 0 Å². The maximum Gasteiger partial charge on any atom is 0.321 e. The van der Waals surface area contributed by atoms with Gasteiger partial charge in [0.15, 0.2) is 0 Å². The number of piperidine rings is 1. The average Bonchev–Trinajstić information content (AvgIpc) is 3.39. The number of aromatic nitrogens is 2. The van der Waals surface area contributed by atoms with Crippen LogP contribution >= 0.6 is 0 Å². The SMILES string of the molecule is O=C(Nc1ccc(N2CCOCC2)cc1)N1CCC(c2ncnc3cc(N4CC[C@@H](O)C4)ccc23)CC1. The molecule has 0 unspecified atom stereocenters. The standard InChI is InChI=1S/C28H34N6O3/c35-24-9-12-34(18-24)23-5-6-25-26(17-23)29-19-30-27(25)20-7-10-33(11-8-20)28(36)31-21-1-3-22(4-2-21)32-13-15-37-16-14-32/h1-6,17,19-20,24,35H,7-16,18H2,(H,31,36)/t24-/m1/s1. The number of nitrogens with zero attached hydrogens (tertiary/aromatic N) is 5. The normalized spacial score (nSPS) is 21.0. The van der Waals surface area contributed by atoms with Gasteiger partial charge in [0.1, 0.15) is 6.33 Å². The fourth-order valence-electron chi connectivity index (χ4n) is 5.70. The lowest BCUT2D eigenvalue weighted by molar-refractivity contribution is 0.122. The van der Waals surface area contributed by atoms with E-state index in [1.807, 2.05) is 17.0 Å². The molecule has 2 aromatic carbocycles. The van der Waals surface area contributed by atoms with E-state index in [1.165, 1.54) is 0 Å². The molecule has 3 saturated heterocycles. The predicted octanol–water partition coefficient (Wildman–Crippen LogP) is 3.45. The molecular formula is C28H34N6O3. The highest BCUT2D eigenvalue weighted by molar-refractivity contribution is 5.89. The Kier molecular flexibility index (Phi) is 6.80. The van der Waals surface area contributed by atoms with Crippen molar-refractivity contribution in [2.45, 2.75) is 31.3 Å². The van der Waals surface area contributed by atoms with Crippen LogP contribution in [0.15, 0.2) is 48.8 Å². The van der Waals surface area contributed by atoms with Gasteiger partial charge in [-0.1, -0.05) is 0 Å². The molecule has 1 atom stereocenters. The van der Waals surface area contributed by atoms with Crippen LogP contribution in [-0.4, -0.2) is 84.6 Å². The Balaban J connectivity index is 1.07. The highest BCUT2D eigenvalue weighted by Crippen LogP contribution is 2.33. The molecule has 3 aliphatic heterocycles. The summed E-state index contributed by atoms with van der Waals surface area (Å²) in [5, 5.41) is 14.0. The minimum absolute atomic E-state index is 0.0532. The topological polar surface area (TPSA) is 94.1 Å². The number of amides is 2. The number of carbonyl (C=O) groups is 1. The molecule has 0 radical (unpaired) electrons. The average molecular weight is 503 g/mol. The first kappa shape index (κ1) is 23.9. The second-order valence-corrected chi connectivity index (χ2v) is 10.2. The zero-order chi connectivity index (χ0) is 25.2. The molecule has 0 saturated carbocycles. The number of benzene rings is 2. The number of hydrogen-bond acceptors (Lipinski definition) is 7. The molecule has 0 bridgehead atoms. The minimum Gasteiger partial charge on any atom is -0.391 e. The number of hydrogen-bond donors (Lipinski definition) is 2. The number of aliphatic hydroxyl groups is 1. The summed E-state index contributed by atoms with van der Waals surface area (Å²) in [7, 11) is 0. The number of urea groups is 1. The van der Waals surface area contributed by atoms with Crippen LogP contribution in [0.25, 0.3) is 10.9 Å². The van der Waals surface area contributed by atoms with E-state index in [0.717, 1.165) is 85.8 Å². The number of morpholine rings is 1. The van der Waals surface area contributed by atoms with Gasteiger partial charge in [-0.3, -0.25) is 0 Å². The zero-order valence-corrected chi connectivity index (χ0v) is 21.1. The van der Waals surface area contributed by atoms with Gasteiger partial charge in [0, 0.05) is 67.6 Å². The van der Waals surface area contributed by atoms with Crippen LogP contribution < -0.4 is 15.1 Å². The molecular weight excluding hydrogens is 468 g/mol. The van der Waals surface area contributed by atoms with E-state index < -0.39 is 0 Å². The Hall–Kier alpha value is -3.43. The van der Waals surface area contributed by atoms with E-state index in [0.29, 0.717) is 25.6 Å². The molecule has 9 nitrogen and oxygen atoms in total. The number of carbonyl (C=O) groups excluding carboxylic acids is 1. The van der Waals surface area contributed by atoms with E-state index in [4.69, 9.17) is 4.74 Å². The van der Waals surface area contributed by atoms with Crippen molar-refractivity contribution in [2.24, 2.45) is 0 Å². The zero-order valence-electron chi connectivity index (χ0n) is 21.1. The van der Waals surface area contributed by atoms with Crippen molar-refractivity contribution in [2.75, 3.05) is 67.6 Å². The molecule has 194 valence electrons. The van der Waals surface area contributed by atoms with Gasteiger partial charge in [-0.25, -0.2) is 14.8 Å². The first-order valence-corrected chi connectivity index (χ1v) is 13.3. The summed E-state index contributed by atoms with van der Waals surface area (Å²) in [4.78, 5) is 28.5. The molecule has 3 aromatic rings. The monoisotopic (exact) mass is 502 g/mol. The van der Waals surface area contributed by atoms with Gasteiger partial charge < -0.3 is 29.9 Å². The third-order valence-electron chi connectivity index (χ3n) is 7.84. The number of ether oxygens (including phenoxy) is 1. The summed E-state index contributed by atoms with van der Waals surface area (Å²) in [5.74, 6) is 0.293. The van der Waals surface area contributed by atoms with Crippen LogP contribution in [0, 0.1) is 0 Å². The van der Waals surface area contributed by atoms with Crippen LogP contribution in [0.2, 0.25) is 0 Å². The highest BCUT2D eigenvalue weighted by atomic mass is 16.5. The Labute approximate surface area is 217 Å². The fraction of sp³-hybridized carbons (Fsp3) is 0.464. The van der Waals surface area contributed by atoms with Gasteiger partial charge in [-0.15, -0.1) is 0 Å². The molecule has 3 aliphatic rings. The molecule has 0 aliphatic carbocycles. The molecule has 2 amide bonds. The van der Waals surface area contributed by atoms with Gasteiger partial charge in [-0.2, -0.15) is 0 Å². The van der Waals surface area contributed by atoms with Crippen molar-refractivity contribution < 1.29 is 14.6 Å². The van der Waals surface area contributed by atoms with Gasteiger partial charge >= 0.3 is 6.03 Å². The molecule has 4 heterocycles. The predicted molar refractivity (Wildman–Crippen MR) is 144 cm³/mol. The Morgan fingerprint density at radius 1 is 0.892 bits per heavy atom. The Bertz CT molecular complexity index is 1240. The van der Waals surface area contributed by atoms with Crippen molar-refractivity contribution in [1.82, 2.24) is 14.9 Å². The largest absolute Gasteiger partial charge is 0.391 e. The maximum atomic E-state index is 12.9. The van der Waals surface area contributed by atoms with Gasteiger partial charge in [-0.05, 0) is 61.7 Å². The molecule has 2 N–H and O–H groups in total. The Morgan fingerprint density at radius 2 is 1.65 bits per heavy atom. The lowest BCUT2D eigenvalue weighted by Gasteiger charge is -2.32. The number of nitrogens with one attached hydrogen (secondary N) is 1. The van der Waals surface area contributed by atoms with Crippen molar-refractivity contribution in [3.05, 3.63) is 54.5 Å².